The number of para-hydroxylation sites is 3. The number of ether oxygens (including phenoxy) is 1. The van der Waals surface area contributed by atoms with Crippen LogP contribution in [-0.2, 0) is 16.2 Å². The molecule has 0 bridgehead atoms. The number of nitrogens with zero attached hydrogens (tertiary/aromatic N) is 5. The molecule has 1 aliphatic heterocycles. The number of fused-ring (bicyclic) bond motifs is 13. The zero-order valence-electron chi connectivity index (χ0n) is 45.8. The van der Waals surface area contributed by atoms with Crippen molar-refractivity contribution in [2.24, 2.45) is 0 Å². The van der Waals surface area contributed by atoms with Gasteiger partial charge in [0.2, 0.25) is 0 Å². The fourth-order valence-electron chi connectivity index (χ4n) is 12.2. The van der Waals surface area contributed by atoms with Crippen molar-refractivity contribution in [3.63, 3.8) is 0 Å². The lowest BCUT2D eigenvalue weighted by molar-refractivity contribution is -0.572. The predicted molar refractivity (Wildman–Crippen MR) is 323 cm³/mol. The number of rotatable bonds is 5. The summed E-state index contributed by atoms with van der Waals surface area (Å²) < 4.78 is 16.4. The molecule has 0 aliphatic carbocycles. The molecule has 5 heterocycles. The van der Waals surface area contributed by atoms with E-state index in [1.165, 1.54) is 55.1 Å². The van der Waals surface area contributed by atoms with Crippen LogP contribution in [0.2, 0.25) is 0 Å². The highest BCUT2D eigenvalue weighted by molar-refractivity contribution is 6.11. The van der Waals surface area contributed by atoms with Crippen LogP contribution in [0.25, 0.3) is 111 Å². The van der Waals surface area contributed by atoms with Gasteiger partial charge in [0.05, 0.1) is 44.5 Å². The van der Waals surface area contributed by atoms with Gasteiger partial charge in [-0.3, -0.25) is 13.7 Å². The molecule has 13 aromatic rings. The summed E-state index contributed by atoms with van der Waals surface area (Å²) in [7, 11) is 0. The molecule has 6 nitrogen and oxygen atoms in total. The van der Waals surface area contributed by atoms with Crippen LogP contribution < -0.4 is 9.30 Å². The topological polar surface area (TPSA) is 40.8 Å². The molecule has 1 aliphatic rings. The van der Waals surface area contributed by atoms with Crippen LogP contribution in [0.15, 0.2) is 206 Å². The van der Waals surface area contributed by atoms with Crippen LogP contribution in [0, 0.1) is 6.33 Å². The minimum absolute atomic E-state index is 0.0366. The molecule has 4 aromatic heterocycles. The second-order valence-corrected chi connectivity index (χ2v) is 24.3. The van der Waals surface area contributed by atoms with Gasteiger partial charge in [-0.15, -0.1) is 0 Å². The molecular formula is C72H61N5O. The zero-order chi connectivity index (χ0) is 53.4. The number of benzene rings is 9. The fraction of sp³-hybridized carbons (Fsp3) is 0.167. The molecular weight excluding hydrogens is 951 g/mol. The highest BCUT2D eigenvalue weighted by atomic mass is 16.5. The van der Waals surface area contributed by atoms with E-state index in [0.717, 1.165) is 78.2 Å². The molecule has 0 saturated carbocycles. The Hall–Kier alpha value is -9.00. The minimum Gasteiger partial charge on any atom is -0.458 e. The number of pyridine rings is 1. The van der Waals surface area contributed by atoms with Gasteiger partial charge in [0, 0.05) is 39.5 Å². The molecule has 9 aromatic carbocycles. The van der Waals surface area contributed by atoms with Crippen molar-refractivity contribution in [2.45, 2.75) is 78.6 Å². The first kappa shape index (κ1) is 47.5. The van der Waals surface area contributed by atoms with Crippen molar-refractivity contribution in [3.05, 3.63) is 229 Å². The van der Waals surface area contributed by atoms with Gasteiger partial charge in [-0.05, 0) is 139 Å². The number of hydrogen-bond donors (Lipinski definition) is 0. The zero-order valence-corrected chi connectivity index (χ0v) is 45.8. The molecule has 6 heteroatoms. The molecule has 0 spiro atoms. The molecule has 380 valence electrons. The summed E-state index contributed by atoms with van der Waals surface area (Å²) in [6.45, 7) is 20.8. The van der Waals surface area contributed by atoms with Gasteiger partial charge in [-0.25, -0.2) is 4.98 Å². The van der Waals surface area contributed by atoms with Crippen LogP contribution in [0.3, 0.4) is 0 Å². The molecule has 0 atom stereocenters. The molecule has 0 radical (unpaired) electrons. The first-order chi connectivity index (χ1) is 37.6. The number of aromatic nitrogens is 5. The Balaban J connectivity index is 1.04. The van der Waals surface area contributed by atoms with E-state index in [2.05, 4.69) is 287 Å². The first-order valence-electron chi connectivity index (χ1n) is 27.3. The summed E-state index contributed by atoms with van der Waals surface area (Å²) in [4.78, 5) is 4.95. The molecule has 0 N–H and O–H groups in total. The lowest BCUT2D eigenvalue weighted by Crippen LogP contribution is -2.35. The van der Waals surface area contributed by atoms with Crippen molar-refractivity contribution >= 4 is 54.6 Å². The van der Waals surface area contributed by atoms with E-state index < -0.39 is 0 Å². The molecule has 0 saturated heterocycles. The Morgan fingerprint density at radius 2 is 0.949 bits per heavy atom. The highest BCUT2D eigenvalue weighted by Gasteiger charge is 2.32. The second-order valence-electron chi connectivity index (χ2n) is 24.3. The van der Waals surface area contributed by atoms with Crippen molar-refractivity contribution in [1.82, 2.24) is 18.7 Å². The van der Waals surface area contributed by atoms with Crippen LogP contribution >= 0.6 is 0 Å². The summed E-state index contributed by atoms with van der Waals surface area (Å²) in [5.41, 5.74) is 20.1. The van der Waals surface area contributed by atoms with E-state index in [9.17, 15) is 0 Å². The van der Waals surface area contributed by atoms with E-state index in [4.69, 9.17) is 9.72 Å². The quantitative estimate of drug-likeness (QED) is 0.127. The average molecular weight is 1010 g/mol. The number of hydrogen-bond acceptors (Lipinski definition) is 2. The lowest BCUT2D eigenvalue weighted by Gasteiger charge is -2.30. The van der Waals surface area contributed by atoms with Crippen molar-refractivity contribution in [3.8, 4) is 67.8 Å². The van der Waals surface area contributed by atoms with E-state index in [1.54, 1.807) is 0 Å². The first-order valence-corrected chi connectivity index (χ1v) is 27.3. The Kier molecular flexibility index (Phi) is 10.5. The van der Waals surface area contributed by atoms with Crippen molar-refractivity contribution in [1.29, 1.82) is 0 Å². The normalized spacial score (nSPS) is 12.7. The Morgan fingerprint density at radius 1 is 0.397 bits per heavy atom. The summed E-state index contributed by atoms with van der Waals surface area (Å²) >= 11 is 0. The second kappa shape index (κ2) is 17.3. The maximum atomic E-state index is 7.01. The summed E-state index contributed by atoms with van der Waals surface area (Å²) in [5.74, 6) is 2.33. The minimum atomic E-state index is -0.244. The van der Waals surface area contributed by atoms with Crippen LogP contribution in [0.5, 0.6) is 11.5 Å². The molecule has 0 amide bonds. The molecule has 0 unspecified atom stereocenters. The Labute approximate surface area is 456 Å². The monoisotopic (exact) mass is 1010 g/mol. The number of imidazole rings is 1. The van der Waals surface area contributed by atoms with Gasteiger partial charge in [0.15, 0.2) is 0 Å². The SMILES string of the molecule is CC(C)(C)c1ccnc(-n2c3ccccc3c3ccc(Oc4cccc(-n5[c-][n+]6c7c(cc(-n8c9ccccc9c9ccccc98)cc75)-c5ccccc5-c5ccccc5-c5cc(C(C)(C)C)cc(C(C)(C)C)c5-6)c4)cc32)c1. The van der Waals surface area contributed by atoms with Crippen LogP contribution in [0.1, 0.15) is 79.0 Å². The third-order valence-electron chi connectivity index (χ3n) is 16.1. The third kappa shape index (κ3) is 7.52. The molecule has 0 fully saturated rings. The Morgan fingerprint density at radius 3 is 1.56 bits per heavy atom. The van der Waals surface area contributed by atoms with Crippen molar-refractivity contribution < 1.29 is 9.30 Å². The van der Waals surface area contributed by atoms with Gasteiger partial charge < -0.3 is 9.30 Å². The standard InChI is InChI=1S/C72H61N5O/c1-70(2,3)45-35-36-73-67(39-45)77-64-32-19-16-29-57(64)58-34-33-50(43-65(58)77)78-49-22-20-21-47(40-49)74-44-75-68-59(37-46(71(4,5)6)38-61(68)72(7,8)9)53-25-12-10-23-51(53)52-24-11-13-26-54(52)60-41-48(42-66(74)69(60)75)76-62-30-17-14-27-55(62)56-28-15-18-31-63(56)76/h10-43H,1-9H3. The predicted octanol–water partition coefficient (Wildman–Crippen LogP) is 18.3. The summed E-state index contributed by atoms with van der Waals surface area (Å²) in [5, 5.41) is 4.75. The maximum Gasteiger partial charge on any atom is 0.269 e. The highest BCUT2D eigenvalue weighted by Crippen LogP contribution is 2.48. The van der Waals surface area contributed by atoms with Gasteiger partial charge in [0.1, 0.15) is 17.3 Å². The Bertz CT molecular complexity index is 4540. The van der Waals surface area contributed by atoms with E-state index in [1.807, 2.05) is 6.20 Å². The van der Waals surface area contributed by atoms with Gasteiger partial charge >= 0.3 is 0 Å². The summed E-state index contributed by atoms with van der Waals surface area (Å²) in [6.07, 6.45) is 6.04. The summed E-state index contributed by atoms with van der Waals surface area (Å²) in [6, 6.07) is 73.1. The van der Waals surface area contributed by atoms with E-state index >= 15 is 0 Å². The van der Waals surface area contributed by atoms with Gasteiger partial charge in [-0.2, -0.15) is 0 Å². The van der Waals surface area contributed by atoms with Crippen LogP contribution in [-0.4, -0.2) is 18.7 Å². The van der Waals surface area contributed by atoms with Crippen molar-refractivity contribution in [2.75, 3.05) is 0 Å². The van der Waals surface area contributed by atoms with Gasteiger partial charge in [-0.1, -0.05) is 184 Å². The fourth-order valence-corrected chi connectivity index (χ4v) is 12.2. The van der Waals surface area contributed by atoms with Crippen LogP contribution in [0.4, 0.5) is 0 Å². The smallest absolute Gasteiger partial charge is 0.269 e. The largest absolute Gasteiger partial charge is 0.458 e. The maximum absolute atomic E-state index is 7.01. The average Bonchev–Trinajstić information content (AvgIpc) is 4.31. The third-order valence-corrected chi connectivity index (χ3v) is 16.1. The lowest BCUT2D eigenvalue weighted by atomic mass is 9.77. The molecule has 14 rings (SSSR count). The molecule has 78 heavy (non-hydrogen) atoms. The van der Waals surface area contributed by atoms with Gasteiger partial charge in [0.25, 0.3) is 6.33 Å². The van der Waals surface area contributed by atoms with E-state index in [-0.39, 0.29) is 16.2 Å². The van der Waals surface area contributed by atoms with E-state index in [0.29, 0.717) is 5.75 Å².